The molecule has 4 aromatic carbocycles. The second-order valence-electron chi connectivity index (χ2n) is 13.1. The number of fused-ring (bicyclic) bond motifs is 1. The highest BCUT2D eigenvalue weighted by Crippen LogP contribution is 2.33. The fraction of sp³-hybridized carbons (Fsp3) is 0.238. The number of aromatic amines is 2. The van der Waals surface area contributed by atoms with Crippen molar-refractivity contribution in [1.82, 2.24) is 29.7 Å². The molecule has 0 unspecified atom stereocenters. The molecule has 52 heavy (non-hydrogen) atoms. The Morgan fingerprint density at radius 2 is 1.27 bits per heavy atom. The molecule has 2 aliphatic heterocycles. The molecule has 10 heteroatoms. The number of benzene rings is 4. The van der Waals surface area contributed by atoms with Crippen molar-refractivity contribution in [1.29, 1.82) is 0 Å². The summed E-state index contributed by atoms with van der Waals surface area (Å²) in [5, 5.41) is 0. The maximum Gasteiger partial charge on any atom is 0.410 e. The first-order valence-electron chi connectivity index (χ1n) is 17.7. The largest absolute Gasteiger partial charge is 0.445 e. The van der Waals surface area contributed by atoms with Crippen molar-refractivity contribution in [2.24, 2.45) is 0 Å². The Morgan fingerprint density at radius 1 is 0.692 bits per heavy atom. The molecular formula is C42H38N6O4. The van der Waals surface area contributed by atoms with Crippen molar-refractivity contribution in [2.45, 2.75) is 51.0 Å². The van der Waals surface area contributed by atoms with Gasteiger partial charge in [-0.2, -0.15) is 0 Å². The summed E-state index contributed by atoms with van der Waals surface area (Å²) < 4.78 is 11.2. The van der Waals surface area contributed by atoms with E-state index in [0.717, 1.165) is 81.9 Å². The monoisotopic (exact) mass is 690 g/mol. The van der Waals surface area contributed by atoms with Gasteiger partial charge in [-0.05, 0) is 72.7 Å². The molecule has 0 bridgehead atoms. The van der Waals surface area contributed by atoms with E-state index in [1.54, 1.807) is 9.80 Å². The number of nitrogens with one attached hydrogen (secondary N) is 2. The van der Waals surface area contributed by atoms with Gasteiger partial charge in [0.15, 0.2) is 0 Å². The summed E-state index contributed by atoms with van der Waals surface area (Å²) in [5.41, 5.74) is 7.21. The van der Waals surface area contributed by atoms with Gasteiger partial charge in [0, 0.05) is 24.2 Å². The summed E-state index contributed by atoms with van der Waals surface area (Å²) >= 11 is 0. The van der Waals surface area contributed by atoms with Crippen molar-refractivity contribution in [2.75, 3.05) is 13.1 Å². The normalized spacial score (nSPS) is 16.8. The maximum absolute atomic E-state index is 13.0. The third-order valence-electron chi connectivity index (χ3n) is 9.66. The van der Waals surface area contributed by atoms with Crippen LogP contribution in [0.25, 0.3) is 22.3 Å². The van der Waals surface area contributed by atoms with Crippen LogP contribution in [0.2, 0.25) is 0 Å². The minimum Gasteiger partial charge on any atom is -0.445 e. The summed E-state index contributed by atoms with van der Waals surface area (Å²) in [4.78, 5) is 45.8. The van der Waals surface area contributed by atoms with E-state index in [4.69, 9.17) is 14.5 Å². The number of nitrogens with zero attached hydrogens (tertiary/aromatic N) is 4. The second kappa shape index (κ2) is 14.9. The average Bonchev–Trinajstić information content (AvgIpc) is 4.02. The number of imidazole rings is 2. The van der Waals surface area contributed by atoms with Crippen LogP contribution in [0.1, 0.15) is 71.7 Å². The summed E-state index contributed by atoms with van der Waals surface area (Å²) in [5.74, 6) is 8.05. The van der Waals surface area contributed by atoms with Crippen molar-refractivity contribution in [3.05, 3.63) is 143 Å². The van der Waals surface area contributed by atoms with Gasteiger partial charge in [-0.15, -0.1) is 0 Å². The van der Waals surface area contributed by atoms with E-state index < -0.39 is 0 Å². The van der Waals surface area contributed by atoms with E-state index in [-0.39, 0.29) is 37.5 Å². The highest BCUT2D eigenvalue weighted by atomic mass is 16.6. The zero-order valence-corrected chi connectivity index (χ0v) is 28.6. The maximum atomic E-state index is 13.0. The van der Waals surface area contributed by atoms with Crippen LogP contribution in [0.5, 0.6) is 0 Å². The van der Waals surface area contributed by atoms with Gasteiger partial charge in [0.1, 0.15) is 24.9 Å². The van der Waals surface area contributed by atoms with Gasteiger partial charge in [0.2, 0.25) is 0 Å². The Hall–Kier alpha value is -6.34. The summed E-state index contributed by atoms with van der Waals surface area (Å²) in [6, 6.07) is 33.0. The molecule has 2 fully saturated rings. The third kappa shape index (κ3) is 7.25. The van der Waals surface area contributed by atoms with E-state index in [1.165, 1.54) is 0 Å². The SMILES string of the molecule is O=C(OCc1ccccc1)N1CCC[C@H]1c1ncc(-c2ccc(C#Cc3ccc4[nH]c([C@@H]5CCCN5C(=O)OCc5ccccc5)nc4c3)cc2)[nH]1. The smallest absolute Gasteiger partial charge is 0.410 e. The number of likely N-dealkylation sites (tertiary alicyclic amines) is 2. The number of aromatic nitrogens is 4. The van der Waals surface area contributed by atoms with Crippen LogP contribution in [-0.2, 0) is 22.7 Å². The van der Waals surface area contributed by atoms with Crippen LogP contribution in [-0.4, -0.2) is 55.0 Å². The van der Waals surface area contributed by atoms with Crippen LogP contribution >= 0.6 is 0 Å². The summed E-state index contributed by atoms with van der Waals surface area (Å²) in [6.07, 6.45) is 4.61. The van der Waals surface area contributed by atoms with E-state index in [2.05, 4.69) is 26.8 Å². The number of rotatable bonds is 7. The molecular weight excluding hydrogens is 652 g/mol. The first-order valence-corrected chi connectivity index (χ1v) is 17.7. The summed E-state index contributed by atoms with van der Waals surface area (Å²) in [6.45, 7) is 1.76. The Kier molecular flexibility index (Phi) is 9.39. The molecule has 8 rings (SSSR count). The number of hydrogen-bond acceptors (Lipinski definition) is 6. The van der Waals surface area contributed by atoms with Gasteiger partial charge in [0.25, 0.3) is 0 Å². The van der Waals surface area contributed by atoms with Crippen molar-refractivity contribution < 1.29 is 19.1 Å². The quantitative estimate of drug-likeness (QED) is 0.163. The number of H-pyrrole nitrogens is 2. The lowest BCUT2D eigenvalue weighted by atomic mass is 10.1. The standard InChI is InChI=1S/C42H38N6O4/c49-41(51-27-31-9-3-1-4-10-31)47-23-7-13-37(47)39-43-26-36(46-39)33-20-17-29(18-21-33)15-16-30-19-22-34-35(25-30)45-40(44-34)38-14-8-24-48(38)42(50)52-28-32-11-5-2-6-12-32/h1-6,9-12,17-22,25-26,37-38H,7-8,13-14,23-24,27-28H2,(H,43,46)(H,44,45)/t37-,38-/m0/s1. The van der Waals surface area contributed by atoms with Gasteiger partial charge in [0.05, 0.1) is 35.0 Å². The lowest BCUT2D eigenvalue weighted by molar-refractivity contribution is 0.0903. The minimum atomic E-state index is -0.324. The number of carbonyl (C=O) groups is 2. The molecule has 10 nitrogen and oxygen atoms in total. The van der Waals surface area contributed by atoms with Gasteiger partial charge in [-0.1, -0.05) is 84.6 Å². The number of ether oxygens (including phenoxy) is 2. The predicted octanol–water partition coefficient (Wildman–Crippen LogP) is 8.30. The fourth-order valence-corrected chi connectivity index (χ4v) is 6.93. The molecule has 6 aromatic rings. The van der Waals surface area contributed by atoms with Gasteiger partial charge in [-0.25, -0.2) is 19.6 Å². The molecule has 0 saturated carbocycles. The van der Waals surface area contributed by atoms with Gasteiger partial charge >= 0.3 is 12.2 Å². The van der Waals surface area contributed by atoms with Crippen LogP contribution in [0.15, 0.2) is 109 Å². The van der Waals surface area contributed by atoms with Gasteiger partial charge < -0.3 is 19.4 Å². The lowest BCUT2D eigenvalue weighted by Crippen LogP contribution is -2.31. The fourth-order valence-electron chi connectivity index (χ4n) is 6.93. The first kappa shape index (κ1) is 32.8. The zero-order valence-electron chi connectivity index (χ0n) is 28.6. The molecule has 2 amide bonds. The number of hydrogen-bond donors (Lipinski definition) is 2. The molecule has 4 heterocycles. The highest BCUT2D eigenvalue weighted by Gasteiger charge is 2.34. The van der Waals surface area contributed by atoms with Crippen LogP contribution in [0.3, 0.4) is 0 Å². The molecule has 260 valence electrons. The molecule has 2 atom stereocenters. The topological polar surface area (TPSA) is 116 Å². The number of carbonyl (C=O) groups excluding carboxylic acids is 2. The lowest BCUT2D eigenvalue weighted by Gasteiger charge is -2.22. The van der Waals surface area contributed by atoms with Crippen molar-refractivity contribution in [3.8, 4) is 23.1 Å². The molecule has 0 aliphatic carbocycles. The first-order chi connectivity index (χ1) is 25.6. The second-order valence-corrected chi connectivity index (χ2v) is 13.1. The Labute approximate surface area is 301 Å². The Balaban J connectivity index is 0.896. The van der Waals surface area contributed by atoms with E-state index in [0.29, 0.717) is 13.1 Å². The van der Waals surface area contributed by atoms with Crippen LogP contribution < -0.4 is 0 Å². The predicted molar refractivity (Wildman–Crippen MR) is 197 cm³/mol. The molecule has 2 saturated heterocycles. The highest BCUT2D eigenvalue weighted by molar-refractivity contribution is 5.77. The summed E-state index contributed by atoms with van der Waals surface area (Å²) in [7, 11) is 0. The van der Waals surface area contributed by atoms with E-state index in [9.17, 15) is 9.59 Å². The molecule has 2 N–H and O–H groups in total. The minimum absolute atomic E-state index is 0.149. The third-order valence-corrected chi connectivity index (χ3v) is 9.66. The van der Waals surface area contributed by atoms with E-state index >= 15 is 0 Å². The molecule has 0 radical (unpaired) electrons. The van der Waals surface area contributed by atoms with Crippen LogP contribution in [0, 0.1) is 11.8 Å². The van der Waals surface area contributed by atoms with Crippen molar-refractivity contribution in [3.63, 3.8) is 0 Å². The zero-order chi connectivity index (χ0) is 35.3. The Bertz CT molecular complexity index is 2240. The Morgan fingerprint density at radius 3 is 1.90 bits per heavy atom. The van der Waals surface area contributed by atoms with Crippen molar-refractivity contribution >= 4 is 23.2 Å². The molecule has 2 aliphatic rings. The van der Waals surface area contributed by atoms with Crippen LogP contribution in [0.4, 0.5) is 9.59 Å². The van der Waals surface area contributed by atoms with Gasteiger partial charge in [-0.3, -0.25) is 9.80 Å². The molecule has 0 spiro atoms. The van der Waals surface area contributed by atoms with E-state index in [1.807, 2.05) is 109 Å². The number of amides is 2. The molecule has 2 aromatic heterocycles. The average molecular weight is 691 g/mol.